The van der Waals surface area contributed by atoms with Crippen LogP contribution in [0.15, 0.2) is 24.3 Å². The number of nitrogens with zero attached hydrogens (tertiary/aromatic N) is 2. The molecule has 1 N–H and O–H groups in total. The average Bonchev–Trinajstić information content (AvgIpc) is 2.29. The summed E-state index contributed by atoms with van der Waals surface area (Å²) >= 11 is 0. The van der Waals surface area contributed by atoms with Crippen LogP contribution in [-0.2, 0) is 0 Å². The van der Waals surface area contributed by atoms with Crippen LogP contribution in [0.5, 0.6) is 5.75 Å². The van der Waals surface area contributed by atoms with Crippen molar-refractivity contribution in [3.05, 3.63) is 24.3 Å². The minimum Gasteiger partial charge on any atom is -0.497 e. The molecule has 0 bridgehead atoms. The van der Waals surface area contributed by atoms with Gasteiger partial charge in [-0.2, -0.15) is 5.26 Å². The van der Waals surface area contributed by atoms with Gasteiger partial charge in [0.2, 0.25) is 0 Å². The lowest BCUT2D eigenvalue weighted by atomic mass is 10.3. The van der Waals surface area contributed by atoms with Crippen molar-refractivity contribution in [2.75, 3.05) is 26.0 Å². The molecule has 0 saturated heterocycles. The van der Waals surface area contributed by atoms with Crippen LogP contribution in [0.1, 0.15) is 0 Å². The molecule has 84 valence electrons. The Morgan fingerprint density at radius 1 is 1.62 bits per heavy atom. The Labute approximate surface area is 94.2 Å². The molecule has 0 saturated carbocycles. The second-order valence-electron chi connectivity index (χ2n) is 3.18. The van der Waals surface area contributed by atoms with Gasteiger partial charge in [-0.3, -0.25) is 0 Å². The highest BCUT2D eigenvalue weighted by molar-refractivity contribution is 5.89. The molecule has 0 aliphatic heterocycles. The molecule has 0 heterocycles. The lowest BCUT2D eigenvalue weighted by molar-refractivity contribution is 0.227. The highest BCUT2D eigenvalue weighted by atomic mass is 16.5. The number of nitrogens with one attached hydrogen (secondary N) is 1. The predicted molar refractivity (Wildman–Crippen MR) is 60.3 cm³/mol. The minimum atomic E-state index is -0.324. The van der Waals surface area contributed by atoms with Crippen LogP contribution in [-0.4, -0.2) is 31.6 Å². The molecular weight excluding hydrogens is 206 g/mol. The summed E-state index contributed by atoms with van der Waals surface area (Å²) in [5.74, 6) is 0.667. The summed E-state index contributed by atoms with van der Waals surface area (Å²) < 4.78 is 5.03. The van der Waals surface area contributed by atoms with Crippen LogP contribution in [0, 0.1) is 11.3 Å². The number of hydrogen-bond donors (Lipinski definition) is 1. The van der Waals surface area contributed by atoms with E-state index in [0.29, 0.717) is 11.4 Å². The van der Waals surface area contributed by atoms with E-state index in [1.54, 1.807) is 38.4 Å². The maximum atomic E-state index is 11.5. The van der Waals surface area contributed by atoms with Crippen molar-refractivity contribution >= 4 is 11.7 Å². The molecule has 1 rings (SSSR count). The van der Waals surface area contributed by atoms with E-state index in [0.717, 1.165) is 0 Å². The first-order valence-electron chi connectivity index (χ1n) is 4.70. The number of carbonyl (C=O) groups is 1. The second kappa shape index (κ2) is 5.61. The Bertz CT molecular complexity index is 412. The first-order chi connectivity index (χ1) is 7.67. The summed E-state index contributed by atoms with van der Waals surface area (Å²) in [5, 5.41) is 11.1. The van der Waals surface area contributed by atoms with Gasteiger partial charge in [0.25, 0.3) is 0 Å². The number of ether oxygens (including phenoxy) is 1. The van der Waals surface area contributed by atoms with E-state index in [-0.39, 0.29) is 12.6 Å². The van der Waals surface area contributed by atoms with Gasteiger partial charge in [-0.05, 0) is 12.1 Å². The maximum Gasteiger partial charge on any atom is 0.322 e. The predicted octanol–water partition coefficient (Wildman–Crippen LogP) is 1.68. The van der Waals surface area contributed by atoms with E-state index < -0.39 is 0 Å². The molecule has 16 heavy (non-hydrogen) atoms. The van der Waals surface area contributed by atoms with Gasteiger partial charge in [-0.1, -0.05) is 6.07 Å². The zero-order valence-corrected chi connectivity index (χ0v) is 9.23. The molecule has 2 amide bonds. The zero-order chi connectivity index (χ0) is 12.0. The highest BCUT2D eigenvalue weighted by Gasteiger charge is 2.07. The van der Waals surface area contributed by atoms with Crippen LogP contribution in [0.4, 0.5) is 10.5 Å². The van der Waals surface area contributed by atoms with Gasteiger partial charge < -0.3 is 15.0 Å². The topological polar surface area (TPSA) is 65.4 Å². The Morgan fingerprint density at radius 2 is 2.38 bits per heavy atom. The SMILES string of the molecule is COc1cccc(NC(=O)N(C)CC#N)c1. The van der Waals surface area contributed by atoms with Crippen molar-refractivity contribution in [3.8, 4) is 11.8 Å². The summed E-state index contributed by atoms with van der Waals surface area (Å²) in [6, 6.07) is 8.59. The lowest BCUT2D eigenvalue weighted by Crippen LogP contribution is -2.31. The molecule has 0 spiro atoms. The van der Waals surface area contributed by atoms with Crippen LogP contribution in [0.25, 0.3) is 0 Å². The molecule has 0 radical (unpaired) electrons. The van der Waals surface area contributed by atoms with Gasteiger partial charge in [-0.15, -0.1) is 0 Å². The molecular formula is C11H13N3O2. The summed E-state index contributed by atoms with van der Waals surface area (Å²) in [5.41, 5.74) is 0.633. The average molecular weight is 219 g/mol. The van der Waals surface area contributed by atoms with E-state index in [4.69, 9.17) is 10.00 Å². The van der Waals surface area contributed by atoms with Crippen LogP contribution >= 0.6 is 0 Å². The highest BCUT2D eigenvalue weighted by Crippen LogP contribution is 2.16. The summed E-state index contributed by atoms with van der Waals surface area (Å²) in [7, 11) is 3.11. The van der Waals surface area contributed by atoms with Gasteiger partial charge in [-0.25, -0.2) is 4.79 Å². The van der Waals surface area contributed by atoms with Gasteiger partial charge in [0.15, 0.2) is 0 Å². The number of rotatable bonds is 3. The molecule has 0 aromatic heterocycles. The number of methoxy groups -OCH3 is 1. The zero-order valence-electron chi connectivity index (χ0n) is 9.23. The Kier molecular flexibility index (Phi) is 4.16. The number of benzene rings is 1. The fourth-order valence-corrected chi connectivity index (χ4v) is 1.10. The molecule has 1 aromatic carbocycles. The van der Waals surface area contributed by atoms with Crippen LogP contribution in [0.3, 0.4) is 0 Å². The molecule has 0 aliphatic carbocycles. The summed E-state index contributed by atoms with van der Waals surface area (Å²) in [6.07, 6.45) is 0. The summed E-state index contributed by atoms with van der Waals surface area (Å²) in [4.78, 5) is 12.8. The largest absolute Gasteiger partial charge is 0.497 e. The van der Waals surface area contributed by atoms with E-state index in [1.807, 2.05) is 6.07 Å². The van der Waals surface area contributed by atoms with Gasteiger partial charge in [0.05, 0.1) is 13.2 Å². The monoisotopic (exact) mass is 219 g/mol. The molecule has 0 unspecified atom stereocenters. The van der Waals surface area contributed by atoms with E-state index in [1.165, 1.54) is 4.90 Å². The second-order valence-corrected chi connectivity index (χ2v) is 3.18. The fraction of sp³-hybridized carbons (Fsp3) is 0.273. The van der Waals surface area contributed by atoms with E-state index >= 15 is 0 Å². The standard InChI is InChI=1S/C11H13N3O2/c1-14(7-6-12)11(15)13-9-4-3-5-10(8-9)16-2/h3-5,8H,7H2,1-2H3,(H,13,15). The Morgan fingerprint density at radius 3 is 3.00 bits per heavy atom. The first-order valence-corrected chi connectivity index (χ1v) is 4.70. The first kappa shape index (κ1) is 11.9. The van der Waals surface area contributed by atoms with Gasteiger partial charge >= 0.3 is 6.03 Å². The molecule has 5 nitrogen and oxygen atoms in total. The van der Waals surface area contributed by atoms with Crippen LogP contribution < -0.4 is 10.1 Å². The minimum absolute atomic E-state index is 0.0514. The van der Waals surface area contributed by atoms with Gasteiger partial charge in [0.1, 0.15) is 12.3 Å². The third kappa shape index (κ3) is 3.17. The van der Waals surface area contributed by atoms with Crippen molar-refractivity contribution in [1.29, 1.82) is 5.26 Å². The van der Waals surface area contributed by atoms with Crippen molar-refractivity contribution in [2.45, 2.75) is 0 Å². The lowest BCUT2D eigenvalue weighted by Gasteiger charge is -2.14. The Hall–Kier alpha value is -2.22. The van der Waals surface area contributed by atoms with E-state index in [9.17, 15) is 4.79 Å². The smallest absolute Gasteiger partial charge is 0.322 e. The number of anilines is 1. The maximum absolute atomic E-state index is 11.5. The van der Waals surface area contributed by atoms with E-state index in [2.05, 4.69) is 5.32 Å². The Balaban J connectivity index is 2.66. The van der Waals surface area contributed by atoms with Crippen LogP contribution in [0.2, 0.25) is 0 Å². The third-order valence-electron chi connectivity index (χ3n) is 1.98. The normalized spacial score (nSPS) is 9.06. The number of carbonyl (C=O) groups excluding carboxylic acids is 1. The number of urea groups is 1. The molecule has 0 atom stereocenters. The fourth-order valence-electron chi connectivity index (χ4n) is 1.10. The number of hydrogen-bond acceptors (Lipinski definition) is 3. The quantitative estimate of drug-likeness (QED) is 0.786. The molecule has 5 heteroatoms. The van der Waals surface area contributed by atoms with Crippen molar-refractivity contribution in [1.82, 2.24) is 4.90 Å². The molecule has 0 aliphatic rings. The van der Waals surface area contributed by atoms with Crippen molar-refractivity contribution < 1.29 is 9.53 Å². The third-order valence-corrected chi connectivity index (χ3v) is 1.98. The number of amides is 2. The van der Waals surface area contributed by atoms with Crippen molar-refractivity contribution in [3.63, 3.8) is 0 Å². The van der Waals surface area contributed by atoms with Gasteiger partial charge in [0, 0.05) is 18.8 Å². The van der Waals surface area contributed by atoms with Crippen molar-refractivity contribution in [2.24, 2.45) is 0 Å². The summed E-state index contributed by atoms with van der Waals surface area (Å²) in [6.45, 7) is 0.0514. The number of nitriles is 1. The molecule has 1 aromatic rings. The molecule has 0 fully saturated rings.